The van der Waals surface area contributed by atoms with Crippen LogP contribution in [0.3, 0.4) is 0 Å². The number of aryl methyl sites for hydroxylation is 2. The molecule has 39 heavy (non-hydrogen) atoms. The third-order valence-corrected chi connectivity index (χ3v) is 7.14. The summed E-state index contributed by atoms with van der Waals surface area (Å²) < 4.78 is 15.8. The molecule has 1 amide bonds. The maximum absolute atomic E-state index is 14.2. The van der Waals surface area contributed by atoms with Crippen LogP contribution in [0, 0.1) is 19.7 Å². The van der Waals surface area contributed by atoms with Crippen molar-refractivity contribution in [2.24, 2.45) is 0 Å². The Morgan fingerprint density at radius 2 is 1.64 bits per heavy atom. The molecule has 1 heterocycles. The van der Waals surface area contributed by atoms with Gasteiger partial charge in [-0.15, -0.1) is 0 Å². The van der Waals surface area contributed by atoms with Crippen LogP contribution in [0.15, 0.2) is 102 Å². The Hall–Kier alpha value is -4.58. The molecule has 1 atom stereocenters. The number of aromatic nitrogens is 2. The molecule has 0 radical (unpaired) electrons. The number of benzene rings is 4. The minimum absolute atomic E-state index is 0.199. The van der Waals surface area contributed by atoms with E-state index in [1.165, 1.54) is 18.2 Å². The van der Waals surface area contributed by atoms with Crippen molar-refractivity contribution in [3.05, 3.63) is 141 Å². The second kappa shape index (κ2) is 11.0. The van der Waals surface area contributed by atoms with Gasteiger partial charge in [0.1, 0.15) is 11.6 Å². The van der Waals surface area contributed by atoms with Crippen molar-refractivity contribution in [1.82, 2.24) is 14.5 Å². The fourth-order valence-electron chi connectivity index (χ4n) is 4.92. The summed E-state index contributed by atoms with van der Waals surface area (Å²) in [5.74, 6) is -0.353. The van der Waals surface area contributed by atoms with Crippen LogP contribution >= 0.6 is 0 Å². The Labute approximate surface area is 227 Å². The first kappa shape index (κ1) is 26.0. The highest BCUT2D eigenvalue weighted by Gasteiger charge is 2.30. The SMILES string of the molecule is CCC(c1nc2ccccc2c(=O)n1-c1ccc(C)c(C)c1)N(Cc1ccccc1)C(=O)c1cccc(F)c1. The van der Waals surface area contributed by atoms with Gasteiger partial charge in [0.25, 0.3) is 11.5 Å². The molecule has 4 aromatic carbocycles. The summed E-state index contributed by atoms with van der Waals surface area (Å²) in [5.41, 5.74) is 4.37. The number of amides is 1. The number of fused-ring (bicyclic) bond motifs is 1. The quantitative estimate of drug-likeness (QED) is 0.234. The van der Waals surface area contributed by atoms with E-state index < -0.39 is 11.9 Å². The van der Waals surface area contributed by atoms with Crippen LogP contribution in [-0.4, -0.2) is 20.4 Å². The van der Waals surface area contributed by atoms with Gasteiger partial charge in [0, 0.05) is 12.1 Å². The predicted octanol–water partition coefficient (Wildman–Crippen LogP) is 6.94. The minimum atomic E-state index is -0.570. The Bertz CT molecular complexity index is 1710. The van der Waals surface area contributed by atoms with Crippen molar-refractivity contribution >= 4 is 16.8 Å². The number of rotatable bonds is 7. The highest BCUT2D eigenvalue weighted by Crippen LogP contribution is 2.29. The van der Waals surface area contributed by atoms with Crippen LogP contribution < -0.4 is 5.56 Å². The molecule has 0 N–H and O–H groups in total. The van der Waals surface area contributed by atoms with Crippen LogP contribution in [0.4, 0.5) is 4.39 Å². The van der Waals surface area contributed by atoms with E-state index in [4.69, 9.17) is 4.98 Å². The molecule has 0 aliphatic rings. The summed E-state index contributed by atoms with van der Waals surface area (Å²) in [7, 11) is 0. The second-order valence-electron chi connectivity index (χ2n) is 9.75. The Morgan fingerprint density at radius 1 is 0.897 bits per heavy atom. The normalized spacial score (nSPS) is 11.9. The van der Waals surface area contributed by atoms with Crippen molar-refractivity contribution in [2.75, 3.05) is 0 Å². The van der Waals surface area contributed by atoms with Gasteiger partial charge in [-0.1, -0.05) is 61.5 Å². The summed E-state index contributed by atoms with van der Waals surface area (Å²) in [4.78, 5) is 34.7. The summed E-state index contributed by atoms with van der Waals surface area (Å²) in [6.07, 6.45) is 0.490. The fourth-order valence-corrected chi connectivity index (χ4v) is 4.92. The van der Waals surface area contributed by atoms with E-state index in [1.807, 2.05) is 87.5 Å². The molecule has 1 unspecified atom stereocenters. The Balaban J connectivity index is 1.75. The maximum Gasteiger partial charge on any atom is 0.266 e. The van der Waals surface area contributed by atoms with Gasteiger partial charge in [0.05, 0.1) is 22.6 Å². The van der Waals surface area contributed by atoms with Crippen molar-refractivity contribution in [2.45, 2.75) is 39.8 Å². The zero-order valence-electron chi connectivity index (χ0n) is 22.3. The summed E-state index contributed by atoms with van der Waals surface area (Å²) in [6.45, 7) is 6.26. The molecule has 0 aliphatic heterocycles. The molecule has 0 fully saturated rings. The van der Waals surface area contributed by atoms with Gasteiger partial charge in [-0.25, -0.2) is 9.37 Å². The first-order chi connectivity index (χ1) is 18.9. The lowest BCUT2D eigenvalue weighted by atomic mass is 10.1. The topological polar surface area (TPSA) is 55.2 Å². The number of para-hydroxylation sites is 1. The molecule has 196 valence electrons. The lowest BCUT2D eigenvalue weighted by molar-refractivity contribution is 0.0640. The van der Waals surface area contributed by atoms with Crippen LogP contribution in [0.1, 0.15) is 52.3 Å². The van der Waals surface area contributed by atoms with E-state index in [9.17, 15) is 14.0 Å². The maximum atomic E-state index is 14.2. The predicted molar refractivity (Wildman–Crippen MR) is 153 cm³/mol. The highest BCUT2D eigenvalue weighted by atomic mass is 19.1. The molecule has 5 nitrogen and oxygen atoms in total. The summed E-state index contributed by atoms with van der Waals surface area (Å²) in [5, 5.41) is 0.500. The molecule has 6 heteroatoms. The molecule has 5 rings (SSSR count). The number of hydrogen-bond donors (Lipinski definition) is 0. The van der Waals surface area contributed by atoms with Crippen LogP contribution in [0.2, 0.25) is 0 Å². The van der Waals surface area contributed by atoms with E-state index in [2.05, 4.69) is 0 Å². The van der Waals surface area contributed by atoms with Crippen molar-refractivity contribution in [3.8, 4) is 5.69 Å². The van der Waals surface area contributed by atoms with Crippen LogP contribution in [0.5, 0.6) is 0 Å². The molecular formula is C33H30FN3O2. The fraction of sp³-hybridized carbons (Fsp3) is 0.182. The van der Waals surface area contributed by atoms with Gasteiger partial charge in [-0.2, -0.15) is 0 Å². The number of carbonyl (C=O) groups is 1. The Kier molecular flexibility index (Phi) is 7.37. The largest absolute Gasteiger partial charge is 0.324 e. The lowest BCUT2D eigenvalue weighted by Crippen LogP contribution is -2.38. The zero-order valence-corrected chi connectivity index (χ0v) is 22.3. The first-order valence-corrected chi connectivity index (χ1v) is 13.1. The van der Waals surface area contributed by atoms with Crippen molar-refractivity contribution in [1.29, 1.82) is 0 Å². The third-order valence-electron chi connectivity index (χ3n) is 7.14. The van der Waals surface area contributed by atoms with Gasteiger partial charge in [0.2, 0.25) is 0 Å². The molecular weight excluding hydrogens is 489 g/mol. The summed E-state index contributed by atoms with van der Waals surface area (Å²) in [6, 6.07) is 27.9. The lowest BCUT2D eigenvalue weighted by Gasteiger charge is -2.32. The molecule has 1 aromatic heterocycles. The van der Waals surface area contributed by atoms with Gasteiger partial charge < -0.3 is 4.90 Å². The first-order valence-electron chi connectivity index (χ1n) is 13.1. The number of carbonyl (C=O) groups excluding carboxylic acids is 1. The molecule has 0 aliphatic carbocycles. The number of nitrogens with zero attached hydrogens (tertiary/aromatic N) is 3. The average Bonchev–Trinajstić information content (AvgIpc) is 2.95. The standard InChI is InChI=1S/C33H30FN3O2/c1-4-30(36(21-24-11-6-5-7-12-24)32(38)25-13-10-14-26(34)20-25)31-35-29-16-9-8-15-28(29)33(39)37(31)27-18-17-22(2)23(3)19-27/h5-20,30H,4,21H2,1-3H3. The molecule has 0 bridgehead atoms. The number of hydrogen-bond acceptors (Lipinski definition) is 3. The van der Waals surface area contributed by atoms with E-state index in [0.29, 0.717) is 28.8 Å². The minimum Gasteiger partial charge on any atom is -0.324 e. The van der Waals surface area contributed by atoms with Gasteiger partial charge in [-0.05, 0) is 79.4 Å². The molecule has 0 saturated heterocycles. The average molecular weight is 520 g/mol. The second-order valence-corrected chi connectivity index (χ2v) is 9.75. The van der Waals surface area contributed by atoms with Gasteiger partial charge in [0.15, 0.2) is 0 Å². The monoisotopic (exact) mass is 519 g/mol. The Morgan fingerprint density at radius 3 is 2.36 bits per heavy atom. The van der Waals surface area contributed by atoms with E-state index in [1.54, 1.807) is 21.6 Å². The highest BCUT2D eigenvalue weighted by molar-refractivity contribution is 5.94. The molecule has 0 spiro atoms. The number of halogens is 1. The van der Waals surface area contributed by atoms with E-state index in [-0.39, 0.29) is 23.6 Å². The van der Waals surface area contributed by atoms with Gasteiger partial charge in [-0.3, -0.25) is 14.2 Å². The van der Waals surface area contributed by atoms with E-state index in [0.717, 1.165) is 16.7 Å². The van der Waals surface area contributed by atoms with E-state index >= 15 is 0 Å². The van der Waals surface area contributed by atoms with Crippen LogP contribution in [-0.2, 0) is 6.54 Å². The van der Waals surface area contributed by atoms with Crippen molar-refractivity contribution < 1.29 is 9.18 Å². The van der Waals surface area contributed by atoms with Gasteiger partial charge >= 0.3 is 0 Å². The third kappa shape index (κ3) is 5.23. The summed E-state index contributed by atoms with van der Waals surface area (Å²) >= 11 is 0. The molecule has 5 aromatic rings. The van der Waals surface area contributed by atoms with Crippen molar-refractivity contribution in [3.63, 3.8) is 0 Å². The molecule has 0 saturated carbocycles. The smallest absolute Gasteiger partial charge is 0.266 e. The zero-order chi connectivity index (χ0) is 27.5. The van der Waals surface area contributed by atoms with Crippen LogP contribution in [0.25, 0.3) is 16.6 Å².